The summed E-state index contributed by atoms with van der Waals surface area (Å²) in [6, 6.07) is 22.2. The number of ether oxygens (including phenoxy) is 4. The van der Waals surface area contributed by atoms with E-state index in [4.69, 9.17) is 18.9 Å². The molecule has 0 aliphatic heterocycles. The van der Waals surface area contributed by atoms with Crippen molar-refractivity contribution in [3.8, 4) is 17.2 Å². The Labute approximate surface area is 198 Å². The van der Waals surface area contributed by atoms with Crippen LogP contribution in [-0.4, -0.2) is 39.8 Å². The highest BCUT2D eigenvalue weighted by Crippen LogP contribution is 2.38. The molecule has 1 amide bonds. The summed E-state index contributed by atoms with van der Waals surface area (Å²) in [4.78, 5) is 24.8. The van der Waals surface area contributed by atoms with Crippen molar-refractivity contribution in [3.63, 3.8) is 0 Å². The summed E-state index contributed by atoms with van der Waals surface area (Å²) < 4.78 is 21.0. The van der Waals surface area contributed by atoms with E-state index in [2.05, 4.69) is 5.32 Å². The lowest BCUT2D eigenvalue weighted by molar-refractivity contribution is -0.143. The molecule has 3 rings (SSSR count). The SMILES string of the molecule is COc1cc(/C=C/C(=O)OCC(=O)NC(c2ccccc2)c2ccccc2)cc(OC)c1OC. The second-order valence-electron chi connectivity index (χ2n) is 7.22. The number of benzene rings is 3. The van der Waals surface area contributed by atoms with Gasteiger partial charge in [0.1, 0.15) is 0 Å². The molecule has 0 fully saturated rings. The molecular weight excluding hydrogens is 434 g/mol. The van der Waals surface area contributed by atoms with Crippen molar-refractivity contribution < 1.29 is 28.5 Å². The Morgan fingerprint density at radius 3 is 1.82 bits per heavy atom. The average molecular weight is 462 g/mol. The van der Waals surface area contributed by atoms with Crippen LogP contribution in [-0.2, 0) is 14.3 Å². The third kappa shape index (κ3) is 6.38. The second-order valence-corrected chi connectivity index (χ2v) is 7.22. The molecule has 0 saturated carbocycles. The van der Waals surface area contributed by atoms with Gasteiger partial charge in [-0.05, 0) is 34.9 Å². The van der Waals surface area contributed by atoms with Gasteiger partial charge in [0, 0.05) is 6.08 Å². The van der Waals surface area contributed by atoms with E-state index in [-0.39, 0.29) is 6.04 Å². The molecule has 0 aliphatic carbocycles. The van der Waals surface area contributed by atoms with E-state index >= 15 is 0 Å². The molecule has 0 bridgehead atoms. The summed E-state index contributed by atoms with van der Waals surface area (Å²) in [6.45, 7) is -0.408. The van der Waals surface area contributed by atoms with Crippen LogP contribution in [0.15, 0.2) is 78.9 Å². The zero-order valence-electron chi connectivity index (χ0n) is 19.3. The number of rotatable bonds is 10. The van der Waals surface area contributed by atoms with Crippen LogP contribution >= 0.6 is 0 Å². The topological polar surface area (TPSA) is 83.1 Å². The van der Waals surface area contributed by atoms with Gasteiger partial charge in [0.15, 0.2) is 18.1 Å². The van der Waals surface area contributed by atoms with Crippen molar-refractivity contribution in [2.45, 2.75) is 6.04 Å². The summed E-state index contributed by atoms with van der Waals surface area (Å²) >= 11 is 0. The number of hydrogen-bond donors (Lipinski definition) is 1. The van der Waals surface area contributed by atoms with Gasteiger partial charge in [-0.2, -0.15) is 0 Å². The number of nitrogens with one attached hydrogen (secondary N) is 1. The molecule has 0 aliphatic rings. The predicted molar refractivity (Wildman–Crippen MR) is 129 cm³/mol. The van der Waals surface area contributed by atoms with Crippen molar-refractivity contribution >= 4 is 18.0 Å². The largest absolute Gasteiger partial charge is 0.493 e. The van der Waals surface area contributed by atoms with Crippen LogP contribution in [0.1, 0.15) is 22.7 Å². The van der Waals surface area contributed by atoms with Crippen LogP contribution in [0.5, 0.6) is 17.2 Å². The molecule has 0 saturated heterocycles. The van der Waals surface area contributed by atoms with Crippen molar-refractivity contribution in [1.29, 1.82) is 0 Å². The van der Waals surface area contributed by atoms with Crippen molar-refractivity contribution in [2.75, 3.05) is 27.9 Å². The maximum atomic E-state index is 12.6. The van der Waals surface area contributed by atoms with Crippen LogP contribution in [0.25, 0.3) is 6.08 Å². The van der Waals surface area contributed by atoms with Gasteiger partial charge in [-0.15, -0.1) is 0 Å². The molecule has 0 heterocycles. The molecule has 3 aromatic rings. The molecular formula is C27H27NO6. The molecule has 3 aromatic carbocycles. The fourth-order valence-corrected chi connectivity index (χ4v) is 3.40. The van der Waals surface area contributed by atoms with Crippen LogP contribution in [0.2, 0.25) is 0 Å². The van der Waals surface area contributed by atoms with Crippen LogP contribution in [0, 0.1) is 0 Å². The number of carbonyl (C=O) groups excluding carboxylic acids is 2. The maximum absolute atomic E-state index is 12.6. The van der Waals surface area contributed by atoms with E-state index in [0.717, 1.165) is 11.1 Å². The van der Waals surface area contributed by atoms with Gasteiger partial charge in [0.05, 0.1) is 27.4 Å². The minimum atomic E-state index is -0.653. The standard InChI is InChI=1S/C27H27NO6/c1-31-22-16-19(17-23(32-2)27(22)33-3)14-15-25(30)34-18-24(29)28-26(20-10-6-4-7-11-20)21-12-8-5-9-13-21/h4-17,26H,18H2,1-3H3,(H,28,29)/b15-14+. The average Bonchev–Trinajstić information content (AvgIpc) is 2.89. The predicted octanol–water partition coefficient (Wildman–Crippen LogP) is 4.17. The smallest absolute Gasteiger partial charge is 0.331 e. The first-order valence-corrected chi connectivity index (χ1v) is 10.6. The van der Waals surface area contributed by atoms with E-state index in [1.165, 1.54) is 27.4 Å². The lowest BCUT2D eigenvalue weighted by Crippen LogP contribution is -2.32. The highest BCUT2D eigenvalue weighted by Gasteiger charge is 2.17. The molecule has 0 radical (unpaired) electrons. The fraction of sp³-hybridized carbons (Fsp3) is 0.185. The summed E-state index contributed by atoms with van der Waals surface area (Å²) in [5.41, 5.74) is 2.50. The zero-order chi connectivity index (χ0) is 24.3. The number of carbonyl (C=O) groups is 2. The third-order valence-electron chi connectivity index (χ3n) is 5.02. The monoisotopic (exact) mass is 461 g/mol. The van der Waals surface area contributed by atoms with Crippen LogP contribution in [0.3, 0.4) is 0 Å². The summed E-state index contributed by atoms with van der Waals surface area (Å²) in [5, 5.41) is 2.93. The Morgan fingerprint density at radius 1 is 0.824 bits per heavy atom. The molecule has 7 heteroatoms. The minimum absolute atomic E-state index is 0.358. The number of methoxy groups -OCH3 is 3. The molecule has 0 atom stereocenters. The van der Waals surface area contributed by atoms with Crippen LogP contribution < -0.4 is 19.5 Å². The summed E-state index contributed by atoms with van der Waals surface area (Å²) in [7, 11) is 4.53. The Hall–Kier alpha value is -4.26. The molecule has 7 nitrogen and oxygen atoms in total. The molecule has 0 spiro atoms. The molecule has 1 N–H and O–H groups in total. The number of esters is 1. The first-order valence-electron chi connectivity index (χ1n) is 10.6. The zero-order valence-corrected chi connectivity index (χ0v) is 19.3. The van der Waals surface area contributed by atoms with Crippen molar-refractivity contribution in [1.82, 2.24) is 5.32 Å². The van der Waals surface area contributed by atoms with Crippen molar-refractivity contribution in [2.24, 2.45) is 0 Å². The highest BCUT2D eigenvalue weighted by atomic mass is 16.5. The van der Waals surface area contributed by atoms with E-state index in [9.17, 15) is 9.59 Å². The highest BCUT2D eigenvalue weighted by molar-refractivity contribution is 5.89. The van der Waals surface area contributed by atoms with Crippen molar-refractivity contribution in [3.05, 3.63) is 95.6 Å². The lowest BCUT2D eigenvalue weighted by atomic mass is 9.99. The lowest BCUT2D eigenvalue weighted by Gasteiger charge is -2.19. The third-order valence-corrected chi connectivity index (χ3v) is 5.02. The fourth-order valence-electron chi connectivity index (χ4n) is 3.40. The maximum Gasteiger partial charge on any atom is 0.331 e. The van der Waals surface area contributed by atoms with E-state index in [0.29, 0.717) is 22.8 Å². The van der Waals surface area contributed by atoms with Gasteiger partial charge in [0.2, 0.25) is 5.75 Å². The van der Waals surface area contributed by atoms with Gasteiger partial charge >= 0.3 is 5.97 Å². The first-order chi connectivity index (χ1) is 16.5. The Morgan fingerprint density at radius 2 is 1.35 bits per heavy atom. The Bertz CT molecular complexity index is 1060. The van der Waals surface area contributed by atoms with E-state index in [1.807, 2.05) is 60.7 Å². The normalized spacial score (nSPS) is 10.7. The van der Waals surface area contributed by atoms with Gasteiger partial charge in [-0.1, -0.05) is 60.7 Å². The van der Waals surface area contributed by atoms with E-state index < -0.39 is 18.5 Å². The molecule has 176 valence electrons. The number of hydrogen-bond acceptors (Lipinski definition) is 6. The Kier molecular flexibility index (Phi) is 8.68. The summed E-state index contributed by atoms with van der Waals surface area (Å²) in [6.07, 6.45) is 2.78. The quantitative estimate of drug-likeness (QED) is 0.360. The Balaban J connectivity index is 1.63. The minimum Gasteiger partial charge on any atom is -0.493 e. The van der Waals surface area contributed by atoms with E-state index in [1.54, 1.807) is 18.2 Å². The first kappa shape index (κ1) is 24.4. The van der Waals surface area contributed by atoms with Gasteiger partial charge < -0.3 is 24.3 Å². The van der Waals surface area contributed by atoms with Gasteiger partial charge in [0.25, 0.3) is 5.91 Å². The summed E-state index contributed by atoms with van der Waals surface area (Å²) in [5.74, 6) is 0.309. The second kappa shape index (κ2) is 12.1. The van der Waals surface area contributed by atoms with Crippen LogP contribution in [0.4, 0.5) is 0 Å². The molecule has 0 unspecified atom stereocenters. The van der Waals surface area contributed by atoms with Gasteiger partial charge in [-0.25, -0.2) is 4.79 Å². The molecule has 0 aromatic heterocycles. The van der Waals surface area contributed by atoms with Gasteiger partial charge in [-0.3, -0.25) is 4.79 Å². The number of amides is 1. The molecule has 34 heavy (non-hydrogen) atoms.